The first-order valence-corrected chi connectivity index (χ1v) is 28.3. The number of benzene rings is 6. The third-order valence-electron chi connectivity index (χ3n) is 13.9. The predicted octanol–water partition coefficient (Wildman–Crippen LogP) is 9.16. The Labute approximate surface area is 477 Å². The first kappa shape index (κ1) is 59.1. The van der Waals surface area contributed by atoms with Crippen molar-refractivity contribution >= 4 is 53.4 Å². The number of fused-ring (bicyclic) bond motifs is 2. The zero-order valence-electron chi connectivity index (χ0n) is 45.8. The van der Waals surface area contributed by atoms with Gasteiger partial charge in [0.25, 0.3) is 11.5 Å². The Morgan fingerprint density at radius 3 is 1.92 bits per heavy atom. The van der Waals surface area contributed by atoms with E-state index in [1.54, 1.807) is 55.5 Å². The van der Waals surface area contributed by atoms with Crippen LogP contribution in [0.15, 0.2) is 174 Å². The summed E-state index contributed by atoms with van der Waals surface area (Å²) in [6.07, 6.45) is -4.25. The normalized spacial score (nSPS) is 16.7. The quantitative estimate of drug-likeness (QED) is 0.0152. The van der Waals surface area contributed by atoms with Crippen molar-refractivity contribution in [3.8, 4) is 17.2 Å². The van der Waals surface area contributed by atoms with Crippen molar-refractivity contribution in [2.75, 3.05) is 52.6 Å². The predicted molar refractivity (Wildman–Crippen MR) is 305 cm³/mol. The number of carboxylic acid groups (broad SMARTS) is 1. The summed E-state index contributed by atoms with van der Waals surface area (Å²) in [5.74, 6) is -0.845. The van der Waals surface area contributed by atoms with E-state index in [1.807, 2.05) is 115 Å². The second kappa shape index (κ2) is 27.5. The lowest BCUT2D eigenvalue weighted by atomic mass is 9.80. The number of ether oxygens (including phenoxy) is 6. The van der Waals surface area contributed by atoms with E-state index < -0.39 is 80.6 Å². The highest BCUT2D eigenvalue weighted by atomic mass is 31.2. The van der Waals surface area contributed by atoms with Gasteiger partial charge in [-0.05, 0) is 96.3 Å². The number of hydrogen-bond acceptors (Lipinski definition) is 17. The third kappa shape index (κ3) is 14.4. The van der Waals surface area contributed by atoms with Gasteiger partial charge in [0.15, 0.2) is 25.0 Å². The first-order valence-electron chi connectivity index (χ1n) is 26.8. The zero-order valence-corrected chi connectivity index (χ0v) is 46.7. The molecule has 432 valence electrons. The highest BCUT2D eigenvalue weighted by Gasteiger charge is 2.54. The molecule has 1 aliphatic rings. The molecular weight excluding hydrogens is 1090 g/mol. The molecule has 5 atom stereocenters. The second-order valence-electron chi connectivity index (χ2n) is 19.2. The number of rotatable bonds is 28. The molecule has 0 radical (unpaired) electrons. The highest BCUT2D eigenvalue weighted by Crippen LogP contribution is 2.54. The number of methoxy groups -OCH3 is 2. The maximum atomic E-state index is 14.7. The molecule has 0 spiro atoms. The average Bonchev–Trinajstić information content (AvgIpc) is 2.91. The average molecular weight is 1150 g/mol. The number of esters is 1. The monoisotopic (exact) mass is 1150 g/mol. The number of aromatic amines is 1. The Kier molecular flexibility index (Phi) is 19.6. The Morgan fingerprint density at radius 1 is 0.687 bits per heavy atom. The number of hydrogen-bond donors (Lipinski definition) is 2. The summed E-state index contributed by atoms with van der Waals surface area (Å²) in [5.41, 5.74) is 2.19. The minimum Gasteiger partial charge on any atom is -0.497 e. The molecule has 8 aromatic rings. The van der Waals surface area contributed by atoms with Crippen LogP contribution in [0.1, 0.15) is 61.4 Å². The smallest absolute Gasteiger partial charge is 0.475 e. The molecule has 9 rings (SSSR count). The highest BCUT2D eigenvalue weighted by molar-refractivity contribution is 7.48. The van der Waals surface area contributed by atoms with Crippen LogP contribution >= 0.6 is 7.82 Å². The number of phosphoric ester groups is 1. The minimum absolute atomic E-state index is 0.161. The molecule has 21 nitrogen and oxygen atoms in total. The number of phosphoric acid groups is 1. The number of aromatic nitrogens is 4. The molecule has 1 fully saturated rings. The van der Waals surface area contributed by atoms with Crippen molar-refractivity contribution in [2.45, 2.75) is 68.7 Å². The number of carbonyl (C=O) groups is 3. The molecule has 1 amide bonds. The molecule has 1 unspecified atom stereocenters. The topological polar surface area (TPSA) is 255 Å². The van der Waals surface area contributed by atoms with E-state index in [1.165, 1.54) is 0 Å². The van der Waals surface area contributed by atoms with E-state index in [-0.39, 0.29) is 19.1 Å². The number of nitrogens with one attached hydrogen (secondary N) is 1. The van der Waals surface area contributed by atoms with E-state index in [2.05, 4.69) is 4.98 Å². The Balaban J connectivity index is 0.946. The molecule has 6 aromatic carbocycles. The van der Waals surface area contributed by atoms with Gasteiger partial charge in [0, 0.05) is 31.6 Å². The van der Waals surface area contributed by atoms with Crippen molar-refractivity contribution < 1.29 is 66.0 Å². The number of H-pyrrole nitrogens is 1. The van der Waals surface area contributed by atoms with Gasteiger partial charge >= 0.3 is 25.5 Å². The summed E-state index contributed by atoms with van der Waals surface area (Å²) in [6.45, 7) is -0.480. The Hall–Kier alpha value is -8.56. The van der Waals surface area contributed by atoms with Gasteiger partial charge in [-0.2, -0.15) is 0 Å². The molecule has 0 saturated carbocycles. The largest absolute Gasteiger partial charge is 0.497 e. The lowest BCUT2D eigenvalue weighted by molar-refractivity contribution is -0.160. The third-order valence-corrected chi connectivity index (χ3v) is 15.3. The van der Waals surface area contributed by atoms with Gasteiger partial charge in [0.05, 0.1) is 62.3 Å². The molecular formula is C61H62N5O16P. The number of nitrogens with zero attached hydrogens (tertiary/aromatic N) is 4. The summed E-state index contributed by atoms with van der Waals surface area (Å²) < 4.78 is 69.9. The number of carbonyl (C=O) groups excluding carboxylic acids is 2. The number of aliphatic carboxylic acids is 1. The Morgan fingerprint density at radius 2 is 1.29 bits per heavy atom. The van der Waals surface area contributed by atoms with Crippen LogP contribution in [-0.4, -0.2) is 108 Å². The van der Waals surface area contributed by atoms with Crippen LogP contribution in [0.2, 0.25) is 0 Å². The lowest BCUT2D eigenvalue weighted by Gasteiger charge is -2.37. The number of unbranched alkanes of at least 4 members (excludes halogenated alkanes) is 3. The van der Waals surface area contributed by atoms with Crippen LogP contribution < -0.4 is 30.4 Å². The number of carboxylic acids is 1. The van der Waals surface area contributed by atoms with Crippen LogP contribution in [0.4, 0.5) is 5.69 Å². The molecule has 83 heavy (non-hydrogen) atoms. The van der Waals surface area contributed by atoms with Crippen LogP contribution in [0.25, 0.3) is 22.1 Å². The molecule has 22 heteroatoms. The Bertz CT molecular complexity index is 3620. The fourth-order valence-corrected chi connectivity index (χ4v) is 10.9. The van der Waals surface area contributed by atoms with E-state index >= 15 is 0 Å². The summed E-state index contributed by atoms with van der Waals surface area (Å²) >= 11 is 0. The minimum atomic E-state index is -4.67. The van der Waals surface area contributed by atoms with Crippen LogP contribution in [0, 0.1) is 0 Å². The maximum absolute atomic E-state index is 14.7. The number of amides is 1. The fraction of sp³-hybridized carbons (Fsp3) is 0.295. The molecule has 1 saturated heterocycles. The van der Waals surface area contributed by atoms with E-state index in [0.717, 1.165) is 35.0 Å². The van der Waals surface area contributed by atoms with Gasteiger partial charge in [0.1, 0.15) is 29.0 Å². The van der Waals surface area contributed by atoms with Crippen LogP contribution in [-0.2, 0) is 52.3 Å². The SMILES string of the molecule is COc1ccc(C(OC[C@H]2O[C@@H](n3ccc(=O)[nH]c3=O)[C@@H](OP(=O)(OC)OCCCCCCN(C(=O)COc3ccccc3)c3ccc4nc5ccccc5nc4c3)[C@@H]2OC(=O)CCC(=O)O)(c2ccccc2)c2ccc(OC)cc2)cc1. The van der Waals surface area contributed by atoms with Crippen LogP contribution in [0.3, 0.4) is 0 Å². The molecule has 3 heterocycles. The van der Waals surface area contributed by atoms with Gasteiger partial charge in [-0.25, -0.2) is 19.3 Å². The van der Waals surface area contributed by atoms with E-state index in [9.17, 15) is 33.6 Å². The summed E-state index contributed by atoms with van der Waals surface area (Å²) in [7, 11) is -0.485. The van der Waals surface area contributed by atoms with E-state index in [0.29, 0.717) is 82.9 Å². The second-order valence-corrected chi connectivity index (χ2v) is 21.0. The molecule has 2 N–H and O–H groups in total. The van der Waals surface area contributed by atoms with Crippen molar-refractivity contribution in [3.63, 3.8) is 0 Å². The van der Waals surface area contributed by atoms with Crippen molar-refractivity contribution in [1.29, 1.82) is 0 Å². The van der Waals surface area contributed by atoms with Gasteiger partial charge in [0.2, 0.25) is 0 Å². The summed E-state index contributed by atoms with van der Waals surface area (Å²) in [4.78, 5) is 78.7. The first-order chi connectivity index (χ1) is 40.3. The van der Waals surface area contributed by atoms with Gasteiger partial charge < -0.3 is 38.4 Å². The molecule has 1 aliphatic heterocycles. The van der Waals surface area contributed by atoms with Crippen molar-refractivity contribution in [1.82, 2.24) is 19.5 Å². The van der Waals surface area contributed by atoms with Crippen LogP contribution in [0.5, 0.6) is 17.2 Å². The molecule has 0 bridgehead atoms. The molecule has 0 aliphatic carbocycles. The van der Waals surface area contributed by atoms with Gasteiger partial charge in [-0.1, -0.05) is 97.8 Å². The van der Waals surface area contributed by atoms with Gasteiger partial charge in [-0.15, -0.1) is 0 Å². The number of para-hydroxylation sites is 3. The summed E-state index contributed by atoms with van der Waals surface area (Å²) in [6, 6.07) is 46.8. The maximum Gasteiger partial charge on any atom is 0.475 e. The number of anilines is 1. The van der Waals surface area contributed by atoms with Crippen molar-refractivity contribution in [2.24, 2.45) is 0 Å². The summed E-state index contributed by atoms with van der Waals surface area (Å²) in [5, 5.41) is 9.52. The molecule has 2 aromatic heterocycles. The zero-order chi connectivity index (χ0) is 58.3. The van der Waals surface area contributed by atoms with Gasteiger partial charge in [-0.3, -0.25) is 42.3 Å². The lowest BCUT2D eigenvalue weighted by Crippen LogP contribution is -2.43. The standard InChI is InChI=1S/C61H62N5O16P/c1-74-45-27-22-42(23-28-45)61(41-16-8-6-9-17-41,43-24-29-46(75-2)30-25-43)78-39-52-57(81-56(71)33-32-55(69)70)58(59(80-52)66-36-34-53(67)64-60(66)72)82-83(73,76-3)79-37-15-5-4-14-35-65(54(68)40-77-47-18-10-7-11-19-47)44-26-31-50-51(38-44)63-49-21-13-12-20-48(49)62-50/h6-13,16-31,34,36,38,52,57-59H,4-5,14-15,32-33,35,37,39-40H2,1-3H3,(H,69,70)(H,64,67,72)/t52-,57-,58+,59-,83?/m1/s1. The van der Waals surface area contributed by atoms with Crippen molar-refractivity contribution in [3.05, 3.63) is 201 Å². The van der Waals surface area contributed by atoms with E-state index in [4.69, 9.17) is 52.0 Å². The fourth-order valence-electron chi connectivity index (χ4n) is 9.74.